The summed E-state index contributed by atoms with van der Waals surface area (Å²) in [6.45, 7) is 6.75. The lowest BCUT2D eigenvalue weighted by atomic mass is 10.0. The van der Waals surface area contributed by atoms with Crippen molar-refractivity contribution in [2.45, 2.75) is 32.3 Å². The Bertz CT molecular complexity index is 358. The number of hydrogen-bond acceptors (Lipinski definition) is 3. The topological polar surface area (TPSA) is 32.7 Å². The van der Waals surface area contributed by atoms with Crippen LogP contribution in [0.25, 0.3) is 0 Å². The van der Waals surface area contributed by atoms with Crippen molar-refractivity contribution < 1.29 is 9.84 Å². The van der Waals surface area contributed by atoms with Gasteiger partial charge in [-0.15, -0.1) is 0 Å². The first-order valence-corrected chi connectivity index (χ1v) is 7.36. The van der Waals surface area contributed by atoms with Gasteiger partial charge in [-0.1, -0.05) is 37.6 Å². The summed E-state index contributed by atoms with van der Waals surface area (Å²) in [5.41, 5.74) is 2.39. The van der Waals surface area contributed by atoms with Gasteiger partial charge in [-0.3, -0.25) is 4.90 Å². The quantitative estimate of drug-likeness (QED) is 0.855. The van der Waals surface area contributed by atoms with E-state index in [1.807, 2.05) is 0 Å². The number of aliphatic hydroxyl groups is 1. The second-order valence-electron chi connectivity index (χ2n) is 5.25. The number of aliphatic hydroxyl groups excluding tert-OH is 1. The summed E-state index contributed by atoms with van der Waals surface area (Å²) in [7, 11) is 0. The fourth-order valence-corrected chi connectivity index (χ4v) is 2.49. The van der Waals surface area contributed by atoms with E-state index in [1.54, 1.807) is 0 Å². The van der Waals surface area contributed by atoms with Crippen molar-refractivity contribution in [1.82, 2.24) is 4.90 Å². The standard InChI is InChI=1S/C16H25NO2/c1-2-3-14-4-6-15(7-5-14)16(18)8-9-17-10-12-19-13-11-17/h4-7,16,18H,2-3,8-13H2,1H3. The minimum atomic E-state index is -0.349. The van der Waals surface area contributed by atoms with Gasteiger partial charge in [-0.2, -0.15) is 0 Å². The van der Waals surface area contributed by atoms with Crippen LogP contribution >= 0.6 is 0 Å². The molecule has 0 radical (unpaired) electrons. The van der Waals surface area contributed by atoms with E-state index in [9.17, 15) is 5.11 Å². The molecule has 2 rings (SSSR count). The maximum absolute atomic E-state index is 10.2. The highest BCUT2D eigenvalue weighted by Crippen LogP contribution is 2.18. The van der Waals surface area contributed by atoms with E-state index in [0.717, 1.165) is 51.3 Å². The summed E-state index contributed by atoms with van der Waals surface area (Å²) < 4.78 is 5.32. The molecular weight excluding hydrogens is 238 g/mol. The lowest BCUT2D eigenvalue weighted by molar-refractivity contribution is 0.0300. The van der Waals surface area contributed by atoms with Gasteiger partial charge in [0.15, 0.2) is 0 Å². The van der Waals surface area contributed by atoms with Gasteiger partial charge in [0.1, 0.15) is 0 Å². The lowest BCUT2D eigenvalue weighted by Gasteiger charge is -2.27. The normalized spacial score (nSPS) is 18.4. The van der Waals surface area contributed by atoms with Crippen LogP contribution in [0.15, 0.2) is 24.3 Å². The lowest BCUT2D eigenvalue weighted by Crippen LogP contribution is -2.37. The smallest absolute Gasteiger partial charge is 0.0802 e. The van der Waals surface area contributed by atoms with E-state index in [0.29, 0.717) is 0 Å². The Morgan fingerprint density at radius 2 is 1.89 bits per heavy atom. The minimum absolute atomic E-state index is 0.349. The van der Waals surface area contributed by atoms with E-state index >= 15 is 0 Å². The fraction of sp³-hybridized carbons (Fsp3) is 0.625. The molecular formula is C16H25NO2. The second-order valence-corrected chi connectivity index (χ2v) is 5.25. The molecule has 0 saturated carbocycles. The third-order valence-electron chi connectivity index (χ3n) is 3.73. The molecule has 1 aromatic rings. The van der Waals surface area contributed by atoms with Crippen LogP contribution < -0.4 is 0 Å². The van der Waals surface area contributed by atoms with Crippen molar-refractivity contribution in [3.05, 3.63) is 35.4 Å². The van der Waals surface area contributed by atoms with Gasteiger partial charge in [0.2, 0.25) is 0 Å². The van der Waals surface area contributed by atoms with Crippen LogP contribution in [0.4, 0.5) is 0 Å². The van der Waals surface area contributed by atoms with E-state index in [2.05, 4.69) is 36.1 Å². The molecule has 0 amide bonds. The monoisotopic (exact) mass is 263 g/mol. The van der Waals surface area contributed by atoms with Gasteiger partial charge in [0.25, 0.3) is 0 Å². The Hall–Kier alpha value is -0.900. The maximum Gasteiger partial charge on any atom is 0.0802 e. The third kappa shape index (κ3) is 4.60. The molecule has 1 aromatic carbocycles. The first-order chi connectivity index (χ1) is 9.29. The molecule has 1 saturated heterocycles. The van der Waals surface area contributed by atoms with Crippen molar-refractivity contribution in [2.75, 3.05) is 32.8 Å². The largest absolute Gasteiger partial charge is 0.388 e. The average Bonchev–Trinajstić information content (AvgIpc) is 2.47. The van der Waals surface area contributed by atoms with Crippen LogP contribution in [-0.2, 0) is 11.2 Å². The SMILES string of the molecule is CCCc1ccc(C(O)CCN2CCOCC2)cc1. The van der Waals surface area contributed by atoms with Gasteiger partial charge in [-0.05, 0) is 24.0 Å². The number of morpholine rings is 1. The Morgan fingerprint density at radius 1 is 1.21 bits per heavy atom. The van der Waals surface area contributed by atoms with Crippen LogP contribution in [-0.4, -0.2) is 42.9 Å². The summed E-state index contributed by atoms with van der Waals surface area (Å²) >= 11 is 0. The highest BCUT2D eigenvalue weighted by molar-refractivity contribution is 5.24. The molecule has 1 atom stereocenters. The van der Waals surface area contributed by atoms with Crippen LogP contribution in [0.3, 0.4) is 0 Å². The first kappa shape index (κ1) is 14.5. The maximum atomic E-state index is 10.2. The van der Waals surface area contributed by atoms with Crippen molar-refractivity contribution in [2.24, 2.45) is 0 Å². The molecule has 0 aliphatic carbocycles. The summed E-state index contributed by atoms with van der Waals surface area (Å²) in [5, 5.41) is 10.2. The third-order valence-corrected chi connectivity index (χ3v) is 3.73. The molecule has 1 aliphatic heterocycles. The summed E-state index contributed by atoms with van der Waals surface area (Å²) in [6, 6.07) is 8.40. The zero-order chi connectivity index (χ0) is 13.5. The second kappa shape index (κ2) is 7.63. The van der Waals surface area contributed by atoms with Crippen LogP contribution in [0.1, 0.15) is 37.0 Å². The molecule has 0 spiro atoms. The Morgan fingerprint density at radius 3 is 2.53 bits per heavy atom. The summed E-state index contributed by atoms with van der Waals surface area (Å²) in [4.78, 5) is 2.36. The minimum Gasteiger partial charge on any atom is -0.388 e. The van der Waals surface area contributed by atoms with Crippen molar-refractivity contribution in [3.63, 3.8) is 0 Å². The summed E-state index contributed by atoms with van der Waals surface area (Å²) in [6.07, 6.45) is 2.73. The number of aryl methyl sites for hydroxylation is 1. The molecule has 3 nitrogen and oxygen atoms in total. The Balaban J connectivity index is 1.79. The predicted octanol–water partition coefficient (Wildman–Crippen LogP) is 2.39. The molecule has 1 heterocycles. The van der Waals surface area contributed by atoms with Crippen LogP contribution in [0.5, 0.6) is 0 Å². The number of rotatable bonds is 6. The number of hydrogen-bond donors (Lipinski definition) is 1. The van der Waals surface area contributed by atoms with Crippen molar-refractivity contribution in [3.8, 4) is 0 Å². The van der Waals surface area contributed by atoms with Gasteiger partial charge < -0.3 is 9.84 Å². The molecule has 0 bridgehead atoms. The van der Waals surface area contributed by atoms with Crippen molar-refractivity contribution in [1.29, 1.82) is 0 Å². The zero-order valence-corrected chi connectivity index (χ0v) is 11.8. The fourth-order valence-electron chi connectivity index (χ4n) is 2.49. The number of benzene rings is 1. The molecule has 19 heavy (non-hydrogen) atoms. The molecule has 0 aromatic heterocycles. The number of ether oxygens (including phenoxy) is 1. The van der Waals surface area contributed by atoms with Gasteiger partial charge in [0.05, 0.1) is 19.3 Å². The molecule has 3 heteroatoms. The zero-order valence-electron chi connectivity index (χ0n) is 11.8. The number of nitrogens with zero attached hydrogens (tertiary/aromatic N) is 1. The van der Waals surface area contributed by atoms with Gasteiger partial charge in [0, 0.05) is 19.6 Å². The van der Waals surface area contributed by atoms with Crippen LogP contribution in [0.2, 0.25) is 0 Å². The van der Waals surface area contributed by atoms with Crippen molar-refractivity contribution >= 4 is 0 Å². The molecule has 1 fully saturated rings. The van der Waals surface area contributed by atoms with Gasteiger partial charge in [-0.25, -0.2) is 0 Å². The average molecular weight is 263 g/mol. The Labute approximate surface area is 116 Å². The Kier molecular flexibility index (Phi) is 5.83. The molecule has 1 N–H and O–H groups in total. The highest BCUT2D eigenvalue weighted by Gasteiger charge is 2.13. The first-order valence-electron chi connectivity index (χ1n) is 7.36. The predicted molar refractivity (Wildman–Crippen MR) is 77.3 cm³/mol. The summed E-state index contributed by atoms with van der Waals surface area (Å²) in [5.74, 6) is 0. The van der Waals surface area contributed by atoms with Gasteiger partial charge >= 0.3 is 0 Å². The van der Waals surface area contributed by atoms with Crippen LogP contribution in [0, 0.1) is 0 Å². The highest BCUT2D eigenvalue weighted by atomic mass is 16.5. The molecule has 1 unspecified atom stereocenters. The molecule has 106 valence electrons. The van der Waals surface area contributed by atoms with E-state index in [1.165, 1.54) is 12.0 Å². The van der Waals surface area contributed by atoms with E-state index < -0.39 is 0 Å². The van der Waals surface area contributed by atoms with E-state index in [4.69, 9.17) is 4.74 Å². The van der Waals surface area contributed by atoms with E-state index in [-0.39, 0.29) is 6.10 Å². The molecule has 1 aliphatic rings.